The Morgan fingerprint density at radius 1 is 0.753 bits per heavy atom. The molecule has 456 valence electrons. The fraction of sp³-hybridized carbons (Fsp3) is 0.509. The fourth-order valence-corrected chi connectivity index (χ4v) is 6.61. The maximum Gasteiger partial charge on any atom is 1.00 e. The summed E-state index contributed by atoms with van der Waals surface area (Å²) in [5, 5.41) is 77.1. The first kappa shape index (κ1) is 83.6. The number of carboxylic acids is 1. The van der Waals surface area contributed by atoms with Gasteiger partial charge in [-0.25, -0.2) is 4.79 Å². The molecule has 6 unspecified atom stereocenters. The number of benzene rings is 3. The number of aliphatic carboxylic acids is 1. The minimum atomic E-state index is -5.94. The minimum absolute atomic E-state index is 0. The molecule has 0 bridgehead atoms. The van der Waals surface area contributed by atoms with Crippen molar-refractivity contribution in [3.05, 3.63) is 136 Å². The summed E-state index contributed by atoms with van der Waals surface area (Å²) in [6.07, 6.45) is 1.06. The smallest absolute Gasteiger partial charge is 0.502 e. The number of hydrogen-bond donors (Lipinski definition) is 10. The van der Waals surface area contributed by atoms with Crippen LogP contribution >= 0.6 is 0 Å². The number of rotatable bonds is 15. The van der Waals surface area contributed by atoms with Gasteiger partial charge in [0.1, 0.15) is 64.0 Å². The molecule has 4 heterocycles. The van der Waals surface area contributed by atoms with Crippen molar-refractivity contribution in [2.75, 3.05) is 79.5 Å². The van der Waals surface area contributed by atoms with Crippen LogP contribution in [0.25, 0.3) is 0 Å². The topological polar surface area (TPSA) is 457 Å². The summed E-state index contributed by atoms with van der Waals surface area (Å²) < 4.78 is 59.6. The zero-order chi connectivity index (χ0) is 58.6. The number of ether oxygens (including phenoxy) is 4. The van der Waals surface area contributed by atoms with Gasteiger partial charge in [-0.1, -0.05) is 98.4 Å². The fourth-order valence-electron chi connectivity index (χ4n) is 6.61. The molecule has 3 aliphatic rings. The van der Waals surface area contributed by atoms with Crippen molar-refractivity contribution in [3.8, 4) is 5.75 Å². The summed E-state index contributed by atoms with van der Waals surface area (Å²) >= 11 is -5.94. The molecule has 28 heteroatoms. The van der Waals surface area contributed by atoms with Gasteiger partial charge in [-0.3, -0.25) is 28.3 Å². The molecular formula is C53H83IN3NaO23. The monoisotopic (exact) mass is 1280 g/mol. The number of aromatic hydroxyl groups is 1. The van der Waals surface area contributed by atoms with Crippen LogP contribution < -0.4 is 74.6 Å². The molecule has 0 saturated carbocycles. The Hall–Kier alpha value is -3.81. The Morgan fingerprint density at radius 3 is 1.63 bits per heavy atom. The van der Waals surface area contributed by atoms with E-state index >= 15 is 0 Å². The molecule has 0 amide bonds. The minimum Gasteiger partial charge on any atom is -0.502 e. The van der Waals surface area contributed by atoms with Crippen LogP contribution in [-0.2, 0) is 59.6 Å². The molecule has 0 aliphatic carbocycles. The normalized spacial score (nSPS) is 18.8. The zero-order valence-electron chi connectivity index (χ0n) is 45.1. The molecule has 6 atom stereocenters. The number of nitrogens with zero attached hydrogens (tertiary/aromatic N) is 2. The zero-order valence-corrected chi connectivity index (χ0v) is 49.2. The standard InChI is InChI=1S/C13H17NO3.C13H19NO2.C7H9N.C6H12O4.C6H6O4.C6H10O4.CH4O.CH4.IO4.Na.H2O/c15-13(16)12-6-7-14(8-9-17-12)10-11-4-2-1-3-5-11;15-11-13-6-7-14(8-9-16-13)10-12-4-2-1-3-5-12;8-6-7-4-2-1-3-5-7;2*7-2-4-1-5(8)6(9)3-10-4;7-2-1-6(5-9)10-4-3-8;1-2;;2-1(3,4)5;;/h1-5,12H,6-10H2,(H,15,16);1-5,13,15H,6-11H2;1-5H,6,8H2;4-9H,1-3H2;1,3,7,9H,2H2;2-3,6,9H,1,4-5H2;2H,1H3;1H4;;;1H2/q;;;;;;;;-1;+1;. The molecule has 81 heavy (non-hydrogen) atoms. The second kappa shape index (κ2) is 53.0. The van der Waals surface area contributed by atoms with Gasteiger partial charge in [0, 0.05) is 71.8 Å². The van der Waals surface area contributed by atoms with E-state index in [0.29, 0.717) is 38.6 Å². The number of carbonyl (C=O) groups is 3. The van der Waals surface area contributed by atoms with Crippen LogP contribution in [0.2, 0.25) is 0 Å². The number of nitrogens with two attached hydrogens (primary N) is 1. The number of carboxylic acid groups (broad SMARTS) is 1. The predicted molar refractivity (Wildman–Crippen MR) is 279 cm³/mol. The van der Waals surface area contributed by atoms with E-state index in [4.69, 9.17) is 84.4 Å². The Kier molecular flexibility index (Phi) is 54.7. The molecule has 1 aromatic heterocycles. The molecule has 3 saturated heterocycles. The second-order valence-corrected chi connectivity index (χ2v) is 18.7. The van der Waals surface area contributed by atoms with Crippen molar-refractivity contribution in [2.45, 2.75) is 96.0 Å². The molecule has 13 N–H and O–H groups in total. The van der Waals surface area contributed by atoms with E-state index in [9.17, 15) is 19.2 Å². The van der Waals surface area contributed by atoms with Crippen LogP contribution in [0.3, 0.4) is 0 Å². The Bertz CT molecular complexity index is 2130. The Balaban J connectivity index is -0.000000434. The number of aliphatic hydroxyl groups is 7. The van der Waals surface area contributed by atoms with E-state index in [0.717, 1.165) is 71.7 Å². The van der Waals surface area contributed by atoms with Crippen molar-refractivity contribution in [3.63, 3.8) is 0 Å². The molecule has 0 spiro atoms. The average Bonchev–Trinajstić information content (AvgIpc) is 3.84. The quantitative estimate of drug-likeness (QED) is 0.0300. The third-order valence-corrected chi connectivity index (χ3v) is 10.7. The third-order valence-electron chi connectivity index (χ3n) is 10.7. The largest absolute Gasteiger partial charge is 1.00 e. The first-order chi connectivity index (χ1) is 37.4. The number of aldehydes is 2. The summed E-state index contributed by atoms with van der Waals surface area (Å²) in [7, 11) is 1.00. The molecule has 3 aliphatic heterocycles. The van der Waals surface area contributed by atoms with Gasteiger partial charge in [0.15, 0.2) is 11.9 Å². The summed E-state index contributed by atoms with van der Waals surface area (Å²) in [5.41, 5.74) is 8.58. The average molecular weight is 1280 g/mol. The van der Waals surface area contributed by atoms with Crippen LogP contribution in [-0.4, -0.2) is 196 Å². The maximum absolute atomic E-state index is 10.8. The van der Waals surface area contributed by atoms with E-state index in [2.05, 4.69) is 50.6 Å². The van der Waals surface area contributed by atoms with Gasteiger partial charge in [-0.05, 0) is 29.5 Å². The van der Waals surface area contributed by atoms with Gasteiger partial charge in [-0.2, -0.15) is 0 Å². The van der Waals surface area contributed by atoms with E-state index < -0.39 is 61.7 Å². The van der Waals surface area contributed by atoms with Gasteiger partial charge in [0.25, 0.3) is 0 Å². The van der Waals surface area contributed by atoms with Gasteiger partial charge < -0.3 is 90.1 Å². The van der Waals surface area contributed by atoms with Crippen LogP contribution in [0.5, 0.6) is 5.75 Å². The van der Waals surface area contributed by atoms with Crippen molar-refractivity contribution >= 4 is 18.5 Å². The van der Waals surface area contributed by atoms with Crippen LogP contribution in [0.4, 0.5) is 0 Å². The van der Waals surface area contributed by atoms with E-state index in [1.54, 1.807) is 0 Å². The van der Waals surface area contributed by atoms with E-state index in [1.165, 1.54) is 16.7 Å². The van der Waals surface area contributed by atoms with Crippen molar-refractivity contribution in [1.29, 1.82) is 0 Å². The number of hydrogen-bond acceptors (Lipinski definition) is 24. The molecule has 26 nitrogen and oxygen atoms in total. The number of aliphatic hydroxyl groups excluding tert-OH is 7. The molecule has 3 fully saturated rings. The van der Waals surface area contributed by atoms with E-state index in [-0.39, 0.29) is 106 Å². The molecular weight excluding hydrogens is 1200 g/mol. The second-order valence-electron chi connectivity index (χ2n) is 16.5. The van der Waals surface area contributed by atoms with Gasteiger partial charge in [-0.15, -0.1) is 0 Å². The molecule has 3 aromatic carbocycles. The third kappa shape index (κ3) is 44.4. The van der Waals surface area contributed by atoms with Crippen molar-refractivity contribution in [1.82, 2.24) is 9.80 Å². The van der Waals surface area contributed by atoms with Gasteiger partial charge >= 0.3 is 35.5 Å². The Morgan fingerprint density at radius 2 is 1.23 bits per heavy atom. The van der Waals surface area contributed by atoms with Gasteiger partial charge in [0.2, 0.25) is 5.43 Å². The van der Waals surface area contributed by atoms with E-state index in [1.807, 2.05) is 54.6 Å². The summed E-state index contributed by atoms with van der Waals surface area (Å²) in [5.74, 6) is -1.16. The summed E-state index contributed by atoms with van der Waals surface area (Å²) in [4.78, 5) is 45.6. The number of carbonyl (C=O) groups excluding carboxylic acids is 2. The van der Waals surface area contributed by atoms with Gasteiger partial charge in [0.05, 0.1) is 64.1 Å². The van der Waals surface area contributed by atoms with Crippen LogP contribution in [0.15, 0.2) is 113 Å². The molecule has 4 aromatic rings. The maximum atomic E-state index is 10.8. The predicted octanol–water partition coefficient (Wildman–Crippen LogP) is -10.1. The Labute approximate surface area is 500 Å². The molecule has 0 radical (unpaired) electrons. The molecule has 7 rings (SSSR count). The SMILES string of the molecule is C.CO.NCc1ccccc1.O.O=C(O)C1CCN(Cc2ccccc2)CCO1.O=CCOC(CO)CC=O.O=c1cc(CO)occ1O.OCC1CC(O)C(O)CO1.OCC1CCN(Cc2ccccc2)CCO1.[Na+].[O-][I+3]([O-])([O-])[O-]. The first-order valence-electron chi connectivity index (χ1n) is 24.4. The summed E-state index contributed by atoms with van der Waals surface area (Å²) in [6, 6.07) is 31.7. The first-order valence-corrected chi connectivity index (χ1v) is 27.9. The summed E-state index contributed by atoms with van der Waals surface area (Å²) in [6.45, 7) is 6.72. The number of halogens is 1. The van der Waals surface area contributed by atoms with Crippen LogP contribution in [0.1, 0.15) is 55.6 Å². The van der Waals surface area contributed by atoms with Crippen LogP contribution in [0, 0.1) is 0 Å². The van der Waals surface area contributed by atoms with Crippen molar-refractivity contribution < 1.29 is 153 Å². The van der Waals surface area contributed by atoms with Crippen molar-refractivity contribution in [2.24, 2.45) is 5.73 Å².